The van der Waals surface area contributed by atoms with Gasteiger partial charge in [-0.1, -0.05) is 49.4 Å². The van der Waals surface area contributed by atoms with E-state index in [1.54, 1.807) is 30.0 Å². The molecule has 0 aliphatic heterocycles. The highest BCUT2D eigenvalue weighted by atomic mass is 19.1. The SMILES string of the molecule is CC[C@H](C)N(Cc1ccccc1)C(=O)c1nn(-c2ccccc2F)c(C)cc1=O. The van der Waals surface area contributed by atoms with Gasteiger partial charge in [-0.2, -0.15) is 5.10 Å². The van der Waals surface area contributed by atoms with Crippen molar-refractivity contribution in [3.63, 3.8) is 0 Å². The first-order chi connectivity index (χ1) is 13.9. The Bertz CT molecular complexity index is 1060. The Morgan fingerprint density at radius 3 is 2.45 bits per heavy atom. The van der Waals surface area contributed by atoms with Gasteiger partial charge in [-0.05, 0) is 38.0 Å². The number of aryl methyl sites for hydroxylation is 1. The fourth-order valence-corrected chi connectivity index (χ4v) is 3.13. The molecule has 2 aromatic carbocycles. The summed E-state index contributed by atoms with van der Waals surface area (Å²) in [7, 11) is 0. The summed E-state index contributed by atoms with van der Waals surface area (Å²) in [6.07, 6.45) is 0.728. The lowest BCUT2D eigenvalue weighted by Gasteiger charge is -2.28. The zero-order valence-electron chi connectivity index (χ0n) is 16.8. The molecular weight excluding hydrogens is 369 g/mol. The Balaban J connectivity index is 2.05. The highest BCUT2D eigenvalue weighted by Gasteiger charge is 2.25. The average Bonchev–Trinajstić information content (AvgIpc) is 2.72. The summed E-state index contributed by atoms with van der Waals surface area (Å²) in [5.74, 6) is -0.938. The summed E-state index contributed by atoms with van der Waals surface area (Å²) in [4.78, 5) is 27.5. The molecule has 0 unspecified atom stereocenters. The molecule has 29 heavy (non-hydrogen) atoms. The molecule has 6 heteroatoms. The van der Waals surface area contributed by atoms with Crippen LogP contribution in [-0.2, 0) is 6.54 Å². The molecular formula is C23H24FN3O2. The molecule has 0 spiro atoms. The Morgan fingerprint density at radius 1 is 1.14 bits per heavy atom. The minimum Gasteiger partial charge on any atom is -0.330 e. The van der Waals surface area contributed by atoms with E-state index in [4.69, 9.17) is 0 Å². The van der Waals surface area contributed by atoms with Crippen molar-refractivity contribution in [3.05, 3.63) is 93.7 Å². The van der Waals surface area contributed by atoms with Crippen molar-refractivity contribution in [2.24, 2.45) is 0 Å². The predicted molar refractivity (Wildman–Crippen MR) is 111 cm³/mol. The van der Waals surface area contributed by atoms with Gasteiger partial charge in [0.15, 0.2) is 5.69 Å². The van der Waals surface area contributed by atoms with E-state index in [2.05, 4.69) is 5.10 Å². The summed E-state index contributed by atoms with van der Waals surface area (Å²) in [6, 6.07) is 17.0. The maximum atomic E-state index is 14.3. The molecule has 1 atom stereocenters. The van der Waals surface area contributed by atoms with E-state index >= 15 is 0 Å². The number of rotatable bonds is 6. The molecule has 5 nitrogen and oxygen atoms in total. The van der Waals surface area contributed by atoms with Crippen LogP contribution in [0.1, 0.15) is 42.0 Å². The number of hydrogen-bond donors (Lipinski definition) is 0. The van der Waals surface area contributed by atoms with Gasteiger partial charge in [0.2, 0.25) is 5.43 Å². The molecule has 1 amide bonds. The lowest BCUT2D eigenvalue weighted by atomic mass is 10.1. The van der Waals surface area contributed by atoms with Gasteiger partial charge in [-0.15, -0.1) is 0 Å². The highest BCUT2D eigenvalue weighted by Crippen LogP contribution is 2.16. The number of nitrogens with zero attached hydrogens (tertiary/aromatic N) is 3. The van der Waals surface area contributed by atoms with Gasteiger partial charge >= 0.3 is 0 Å². The molecule has 0 saturated carbocycles. The lowest BCUT2D eigenvalue weighted by molar-refractivity contribution is 0.0662. The second kappa shape index (κ2) is 8.82. The molecule has 3 rings (SSSR count). The Morgan fingerprint density at radius 2 is 1.79 bits per heavy atom. The number of halogens is 1. The third-order valence-electron chi connectivity index (χ3n) is 4.97. The monoisotopic (exact) mass is 393 g/mol. The van der Waals surface area contributed by atoms with Gasteiger partial charge in [0, 0.05) is 24.3 Å². The maximum absolute atomic E-state index is 14.3. The molecule has 150 valence electrons. The molecule has 0 aliphatic carbocycles. The van der Waals surface area contributed by atoms with Crippen molar-refractivity contribution in [2.45, 2.75) is 39.8 Å². The number of hydrogen-bond acceptors (Lipinski definition) is 3. The zero-order valence-corrected chi connectivity index (χ0v) is 16.8. The number of para-hydroxylation sites is 1. The van der Waals surface area contributed by atoms with Crippen LogP contribution in [0.2, 0.25) is 0 Å². The lowest BCUT2D eigenvalue weighted by Crippen LogP contribution is -2.41. The fourth-order valence-electron chi connectivity index (χ4n) is 3.13. The summed E-state index contributed by atoms with van der Waals surface area (Å²) >= 11 is 0. The van der Waals surface area contributed by atoms with Crippen LogP contribution < -0.4 is 5.43 Å². The van der Waals surface area contributed by atoms with Crippen molar-refractivity contribution in [2.75, 3.05) is 0 Å². The minimum absolute atomic E-state index is 0.0906. The van der Waals surface area contributed by atoms with Crippen molar-refractivity contribution < 1.29 is 9.18 Å². The summed E-state index contributed by atoms with van der Waals surface area (Å²) in [6.45, 7) is 5.94. The molecule has 0 bridgehead atoms. The quantitative estimate of drug-likeness (QED) is 0.633. The fraction of sp³-hybridized carbons (Fsp3) is 0.261. The normalized spacial score (nSPS) is 11.9. The number of aromatic nitrogens is 2. The zero-order chi connectivity index (χ0) is 21.0. The Kier molecular flexibility index (Phi) is 6.22. The van der Waals surface area contributed by atoms with Crippen LogP contribution in [0.4, 0.5) is 4.39 Å². The van der Waals surface area contributed by atoms with E-state index in [-0.39, 0.29) is 17.4 Å². The van der Waals surface area contributed by atoms with E-state index in [9.17, 15) is 14.0 Å². The number of benzene rings is 2. The number of carbonyl (C=O) groups is 1. The van der Waals surface area contributed by atoms with E-state index in [0.29, 0.717) is 12.2 Å². The molecule has 0 saturated heterocycles. The molecule has 1 heterocycles. The van der Waals surface area contributed by atoms with Gasteiger partial charge in [0.1, 0.15) is 11.5 Å². The second-order valence-electron chi connectivity index (χ2n) is 7.04. The van der Waals surface area contributed by atoms with Crippen molar-refractivity contribution in [1.82, 2.24) is 14.7 Å². The van der Waals surface area contributed by atoms with E-state index in [1.807, 2.05) is 44.2 Å². The predicted octanol–water partition coefficient (Wildman–Crippen LogP) is 4.12. The first kappa shape index (κ1) is 20.5. The van der Waals surface area contributed by atoms with E-state index in [1.165, 1.54) is 16.8 Å². The topological polar surface area (TPSA) is 55.2 Å². The second-order valence-corrected chi connectivity index (χ2v) is 7.04. The van der Waals surface area contributed by atoms with Crippen LogP contribution in [0.3, 0.4) is 0 Å². The summed E-state index contributed by atoms with van der Waals surface area (Å²) in [5.41, 5.74) is 0.922. The summed E-state index contributed by atoms with van der Waals surface area (Å²) < 4.78 is 15.6. The van der Waals surface area contributed by atoms with Crippen LogP contribution >= 0.6 is 0 Å². The molecule has 0 aliphatic rings. The highest BCUT2D eigenvalue weighted by molar-refractivity contribution is 5.92. The number of amides is 1. The minimum atomic E-state index is -0.479. The van der Waals surface area contributed by atoms with Crippen LogP contribution in [-0.4, -0.2) is 26.6 Å². The smallest absolute Gasteiger partial charge is 0.278 e. The van der Waals surface area contributed by atoms with Crippen LogP contribution in [0.25, 0.3) is 5.69 Å². The van der Waals surface area contributed by atoms with Crippen LogP contribution in [0.5, 0.6) is 0 Å². The Hall–Kier alpha value is -3.28. The van der Waals surface area contributed by atoms with Crippen LogP contribution in [0.15, 0.2) is 65.5 Å². The third kappa shape index (κ3) is 4.42. The van der Waals surface area contributed by atoms with Gasteiger partial charge in [-0.25, -0.2) is 9.07 Å². The van der Waals surface area contributed by atoms with E-state index < -0.39 is 17.2 Å². The van der Waals surface area contributed by atoms with Gasteiger partial charge in [0.25, 0.3) is 5.91 Å². The molecule has 1 aromatic heterocycles. The first-order valence-electron chi connectivity index (χ1n) is 9.63. The largest absolute Gasteiger partial charge is 0.330 e. The summed E-state index contributed by atoms with van der Waals surface area (Å²) in [5, 5.41) is 4.26. The standard InChI is InChI=1S/C23H24FN3O2/c1-4-16(2)26(15-18-10-6-5-7-11-18)23(29)22-21(28)14-17(3)27(25-22)20-13-9-8-12-19(20)24/h5-14,16H,4,15H2,1-3H3/t16-/m0/s1. The molecule has 0 radical (unpaired) electrons. The van der Waals surface area contributed by atoms with E-state index in [0.717, 1.165) is 12.0 Å². The molecule has 0 N–H and O–H groups in total. The third-order valence-corrected chi connectivity index (χ3v) is 4.97. The Labute approximate surface area is 169 Å². The van der Waals surface area contributed by atoms with Crippen LogP contribution in [0, 0.1) is 12.7 Å². The average molecular weight is 393 g/mol. The van der Waals surface area contributed by atoms with Crippen molar-refractivity contribution in [1.29, 1.82) is 0 Å². The molecule has 0 fully saturated rings. The van der Waals surface area contributed by atoms with Crippen molar-refractivity contribution in [3.8, 4) is 5.69 Å². The first-order valence-corrected chi connectivity index (χ1v) is 9.63. The number of carbonyl (C=O) groups excluding carboxylic acids is 1. The maximum Gasteiger partial charge on any atom is 0.278 e. The van der Waals surface area contributed by atoms with Crippen molar-refractivity contribution >= 4 is 5.91 Å². The molecule has 3 aromatic rings. The van der Waals surface area contributed by atoms with Gasteiger partial charge < -0.3 is 4.90 Å². The van der Waals surface area contributed by atoms with Gasteiger partial charge in [0.05, 0.1) is 0 Å². The van der Waals surface area contributed by atoms with Gasteiger partial charge in [-0.3, -0.25) is 9.59 Å².